The number of pyridine rings is 1. The lowest BCUT2D eigenvalue weighted by Gasteiger charge is -2.20. The van der Waals surface area contributed by atoms with E-state index in [-0.39, 0.29) is 33.4 Å². The average molecular weight is 467 g/mol. The van der Waals surface area contributed by atoms with E-state index in [1.54, 1.807) is 13.0 Å². The summed E-state index contributed by atoms with van der Waals surface area (Å²) in [5, 5.41) is 0.184. The highest BCUT2D eigenvalue weighted by Gasteiger charge is 2.42. The number of hydrogen-bond acceptors (Lipinski definition) is 8. The molecule has 0 spiro atoms. The molecule has 3 heterocycles. The van der Waals surface area contributed by atoms with Crippen LogP contribution in [0.2, 0.25) is 0 Å². The molecule has 1 saturated heterocycles. The molecule has 0 N–H and O–H groups in total. The normalized spacial score (nSPS) is 16.7. The van der Waals surface area contributed by atoms with Crippen LogP contribution in [-0.4, -0.2) is 60.4 Å². The van der Waals surface area contributed by atoms with Crippen LogP contribution in [0.1, 0.15) is 49.7 Å². The molecular weight excluding hydrogens is 440 g/mol. The van der Waals surface area contributed by atoms with Crippen molar-refractivity contribution < 1.29 is 22.7 Å². The summed E-state index contributed by atoms with van der Waals surface area (Å²) in [5.74, 6) is -0.623. The molecule has 1 aliphatic heterocycles. The van der Waals surface area contributed by atoms with Crippen molar-refractivity contribution >= 4 is 38.3 Å². The number of aryl methyl sites for hydroxylation is 1. The Balaban J connectivity index is 1.88. The molecule has 1 atom stereocenters. The molecule has 11 heteroatoms. The summed E-state index contributed by atoms with van der Waals surface area (Å²) in [6.07, 6.45) is 3.85. The van der Waals surface area contributed by atoms with E-state index in [1.807, 2.05) is 19.9 Å². The van der Waals surface area contributed by atoms with E-state index in [0.29, 0.717) is 19.4 Å². The summed E-state index contributed by atoms with van der Waals surface area (Å²) >= 11 is 0.904. The van der Waals surface area contributed by atoms with Gasteiger partial charge in [-0.1, -0.05) is 37.7 Å². The Bertz CT molecular complexity index is 1050. The van der Waals surface area contributed by atoms with Gasteiger partial charge in [0.05, 0.1) is 18.5 Å². The van der Waals surface area contributed by atoms with E-state index in [1.165, 1.54) is 22.2 Å². The minimum atomic E-state index is -3.46. The zero-order valence-electron chi connectivity index (χ0n) is 17.8. The zero-order valence-corrected chi connectivity index (χ0v) is 19.4. The molecule has 31 heavy (non-hydrogen) atoms. The van der Waals surface area contributed by atoms with Crippen molar-refractivity contribution in [2.24, 2.45) is 0 Å². The van der Waals surface area contributed by atoms with E-state index in [4.69, 9.17) is 4.74 Å². The Hall–Kier alpha value is -2.53. The predicted octanol–water partition coefficient (Wildman–Crippen LogP) is 3.12. The van der Waals surface area contributed by atoms with Crippen LogP contribution in [0.4, 0.5) is 9.93 Å². The van der Waals surface area contributed by atoms with E-state index >= 15 is 0 Å². The monoisotopic (exact) mass is 466 g/mol. The van der Waals surface area contributed by atoms with Crippen LogP contribution in [0.15, 0.2) is 28.7 Å². The summed E-state index contributed by atoms with van der Waals surface area (Å²) in [6, 6.07) is 3.21. The van der Waals surface area contributed by atoms with Crippen molar-refractivity contribution in [3.63, 3.8) is 0 Å². The molecule has 2 amide bonds. The minimum Gasteiger partial charge on any atom is -0.434 e. The molecule has 2 aromatic rings. The molecule has 2 aromatic heterocycles. The fraction of sp³-hybridized carbons (Fsp3) is 0.500. The SMILES string of the molecule is CCCc1cccnc1C(=O)OC1CN(CC)C(=O)N1c1ncc(S(=O)(=O)CCC)s1. The molecule has 0 radical (unpaired) electrons. The van der Waals surface area contributed by atoms with Gasteiger partial charge in [-0.05, 0) is 31.4 Å². The molecular formula is C20H26N4O5S2. The number of amides is 2. The topological polar surface area (TPSA) is 110 Å². The van der Waals surface area contributed by atoms with Crippen molar-refractivity contribution in [3.8, 4) is 0 Å². The zero-order chi connectivity index (χ0) is 22.6. The summed E-state index contributed by atoms with van der Waals surface area (Å²) in [6.45, 7) is 6.18. The first-order valence-electron chi connectivity index (χ1n) is 10.2. The highest BCUT2D eigenvalue weighted by atomic mass is 32.2. The lowest BCUT2D eigenvalue weighted by molar-refractivity contribution is 0.0318. The van der Waals surface area contributed by atoms with Crippen molar-refractivity contribution in [2.45, 2.75) is 50.5 Å². The van der Waals surface area contributed by atoms with E-state index in [0.717, 1.165) is 23.3 Å². The Kier molecular flexibility index (Phi) is 7.26. The van der Waals surface area contributed by atoms with Gasteiger partial charge in [0.1, 0.15) is 4.21 Å². The first-order valence-corrected chi connectivity index (χ1v) is 12.7. The Morgan fingerprint density at radius 1 is 1.26 bits per heavy atom. The largest absolute Gasteiger partial charge is 0.434 e. The molecule has 1 aliphatic rings. The van der Waals surface area contributed by atoms with Crippen molar-refractivity contribution in [2.75, 3.05) is 23.7 Å². The summed E-state index contributed by atoms with van der Waals surface area (Å²) < 4.78 is 30.5. The molecule has 3 rings (SSSR count). The number of thiazole rings is 1. The predicted molar refractivity (Wildman–Crippen MR) is 117 cm³/mol. The lowest BCUT2D eigenvalue weighted by Crippen LogP contribution is -2.38. The number of anilines is 1. The third-order valence-corrected chi connectivity index (χ3v) is 8.29. The van der Waals surface area contributed by atoms with Crippen molar-refractivity contribution in [3.05, 3.63) is 35.8 Å². The van der Waals surface area contributed by atoms with Crippen LogP contribution in [0.3, 0.4) is 0 Å². The molecule has 0 aromatic carbocycles. The van der Waals surface area contributed by atoms with Gasteiger partial charge >= 0.3 is 12.0 Å². The fourth-order valence-electron chi connectivity index (χ4n) is 3.33. The number of carbonyl (C=O) groups is 2. The number of carbonyl (C=O) groups excluding carboxylic acids is 2. The molecule has 0 aliphatic carbocycles. The van der Waals surface area contributed by atoms with Crippen molar-refractivity contribution in [1.29, 1.82) is 0 Å². The van der Waals surface area contributed by atoms with Crippen molar-refractivity contribution in [1.82, 2.24) is 14.9 Å². The van der Waals surface area contributed by atoms with Crippen LogP contribution in [0, 0.1) is 0 Å². The maximum absolute atomic E-state index is 12.9. The van der Waals surface area contributed by atoms with Gasteiger partial charge in [0.2, 0.25) is 6.23 Å². The highest BCUT2D eigenvalue weighted by molar-refractivity contribution is 7.93. The Labute approximate surface area is 186 Å². The van der Waals surface area contributed by atoms with Gasteiger partial charge in [-0.3, -0.25) is 0 Å². The second kappa shape index (κ2) is 9.73. The maximum atomic E-state index is 12.9. The smallest absolute Gasteiger partial charge is 0.359 e. The second-order valence-electron chi connectivity index (χ2n) is 7.09. The standard InChI is InChI=1S/C20H26N4O5S2/c1-4-8-14-9-7-10-21-17(14)18(25)29-15-13-23(6-3)20(26)24(15)19-22-12-16(30-19)31(27,28)11-5-2/h7,9-10,12,15H,4-6,8,11,13H2,1-3H3. The van der Waals surface area contributed by atoms with Gasteiger partial charge < -0.3 is 9.64 Å². The Morgan fingerprint density at radius 3 is 2.71 bits per heavy atom. The van der Waals surface area contributed by atoms with E-state index in [9.17, 15) is 18.0 Å². The van der Waals surface area contributed by atoms with Crippen LogP contribution in [-0.2, 0) is 21.0 Å². The Morgan fingerprint density at radius 2 is 2.03 bits per heavy atom. The average Bonchev–Trinajstić information content (AvgIpc) is 3.33. The van der Waals surface area contributed by atoms with Crippen LogP contribution >= 0.6 is 11.3 Å². The van der Waals surface area contributed by atoms with Gasteiger partial charge in [-0.15, -0.1) is 0 Å². The number of hydrogen-bond donors (Lipinski definition) is 0. The second-order valence-corrected chi connectivity index (χ2v) is 10.4. The number of rotatable bonds is 9. The lowest BCUT2D eigenvalue weighted by atomic mass is 10.1. The quantitative estimate of drug-likeness (QED) is 0.522. The molecule has 1 fully saturated rings. The number of urea groups is 1. The number of nitrogens with zero attached hydrogens (tertiary/aromatic N) is 4. The first-order chi connectivity index (χ1) is 14.8. The fourth-order valence-corrected chi connectivity index (χ4v) is 5.95. The molecule has 9 nitrogen and oxygen atoms in total. The molecule has 0 saturated carbocycles. The van der Waals surface area contributed by atoms with Crippen LogP contribution in [0.25, 0.3) is 0 Å². The number of aromatic nitrogens is 2. The molecule has 168 valence electrons. The number of sulfone groups is 1. The maximum Gasteiger partial charge on any atom is 0.359 e. The minimum absolute atomic E-state index is 0.00195. The third-order valence-electron chi connectivity index (χ3n) is 4.83. The number of esters is 1. The van der Waals surface area contributed by atoms with E-state index < -0.39 is 22.0 Å². The van der Waals surface area contributed by atoms with Crippen LogP contribution in [0.5, 0.6) is 0 Å². The first kappa shape index (κ1) is 23.1. The van der Waals surface area contributed by atoms with Gasteiger partial charge in [0.15, 0.2) is 20.7 Å². The van der Waals surface area contributed by atoms with E-state index in [2.05, 4.69) is 9.97 Å². The van der Waals surface area contributed by atoms with Gasteiger partial charge in [0, 0.05) is 12.7 Å². The van der Waals surface area contributed by atoms with Gasteiger partial charge in [-0.2, -0.15) is 0 Å². The van der Waals surface area contributed by atoms with Crippen LogP contribution < -0.4 is 4.90 Å². The van der Waals surface area contributed by atoms with Gasteiger partial charge in [-0.25, -0.2) is 32.9 Å². The van der Waals surface area contributed by atoms with Gasteiger partial charge in [0.25, 0.3) is 0 Å². The summed E-state index contributed by atoms with van der Waals surface area (Å²) in [5.41, 5.74) is 0.998. The molecule has 1 unspecified atom stereocenters. The number of ether oxygens (including phenoxy) is 1. The summed E-state index contributed by atoms with van der Waals surface area (Å²) in [7, 11) is -3.46. The summed E-state index contributed by atoms with van der Waals surface area (Å²) in [4.78, 5) is 36.8. The third kappa shape index (κ3) is 4.87. The highest BCUT2D eigenvalue weighted by Crippen LogP contribution is 2.32. The number of likely N-dealkylation sites (N-methyl/N-ethyl adjacent to an activating group) is 1. The molecule has 0 bridgehead atoms.